The maximum absolute atomic E-state index is 13.1. The van der Waals surface area contributed by atoms with Crippen molar-refractivity contribution in [1.29, 1.82) is 0 Å². The molecule has 2 rings (SSSR count). The average molecular weight is 208 g/mol. The first-order valence-electron chi connectivity index (χ1n) is 5.03. The lowest BCUT2D eigenvalue weighted by Crippen LogP contribution is -2.35. The molecule has 80 valence electrons. The van der Waals surface area contributed by atoms with Crippen LogP contribution in [0.5, 0.6) is 0 Å². The third kappa shape index (κ3) is 2.09. The molecule has 0 atom stereocenters. The van der Waals surface area contributed by atoms with Crippen LogP contribution in [0.3, 0.4) is 0 Å². The molecule has 1 aromatic rings. The molecule has 1 aromatic carbocycles. The number of rotatable bonds is 1. The lowest BCUT2D eigenvalue weighted by atomic mass is 10.1. The van der Waals surface area contributed by atoms with E-state index in [0.717, 1.165) is 12.8 Å². The fraction of sp³-hybridized carbons (Fsp3) is 0.364. The summed E-state index contributed by atoms with van der Waals surface area (Å²) in [6.45, 7) is 0.654. The number of hydrogen-bond donors (Lipinski definition) is 1. The number of nitrogen functional groups attached to an aromatic ring is 1. The van der Waals surface area contributed by atoms with Crippen LogP contribution in [0.25, 0.3) is 0 Å². The number of carbonyl (C=O) groups is 1. The maximum Gasteiger partial charge on any atom is 0.226 e. The third-order valence-corrected chi connectivity index (χ3v) is 2.54. The second-order valence-electron chi connectivity index (χ2n) is 3.75. The van der Waals surface area contributed by atoms with Gasteiger partial charge in [-0.3, -0.25) is 4.79 Å². The first-order valence-corrected chi connectivity index (χ1v) is 5.03. The van der Waals surface area contributed by atoms with E-state index >= 15 is 0 Å². The van der Waals surface area contributed by atoms with Gasteiger partial charge in [-0.2, -0.15) is 0 Å². The predicted octanol–water partition coefficient (Wildman–Crippen LogP) is 1.92. The van der Waals surface area contributed by atoms with E-state index in [4.69, 9.17) is 5.73 Å². The Morgan fingerprint density at radius 3 is 2.73 bits per heavy atom. The van der Waals surface area contributed by atoms with Crippen LogP contribution >= 0.6 is 0 Å². The van der Waals surface area contributed by atoms with Crippen LogP contribution in [0.15, 0.2) is 18.2 Å². The highest BCUT2D eigenvalue weighted by atomic mass is 19.1. The number of carbonyl (C=O) groups excluding carboxylic acids is 1. The Hall–Kier alpha value is -1.58. The Morgan fingerprint density at radius 2 is 2.07 bits per heavy atom. The number of nitrogens with zero attached hydrogens (tertiary/aromatic N) is 1. The van der Waals surface area contributed by atoms with Crippen molar-refractivity contribution in [3.05, 3.63) is 24.0 Å². The number of piperidine rings is 1. The van der Waals surface area contributed by atoms with Gasteiger partial charge in [-0.1, -0.05) is 0 Å². The van der Waals surface area contributed by atoms with E-state index in [0.29, 0.717) is 24.3 Å². The SMILES string of the molecule is Nc1cc(F)cc(N2CCCCC2=O)c1. The molecule has 0 aromatic heterocycles. The minimum Gasteiger partial charge on any atom is -0.399 e. The molecular formula is C11H13FN2O. The van der Waals surface area contributed by atoms with Crippen molar-refractivity contribution in [3.8, 4) is 0 Å². The highest BCUT2D eigenvalue weighted by Gasteiger charge is 2.20. The first-order chi connectivity index (χ1) is 7.16. The molecule has 0 saturated carbocycles. The molecule has 0 spiro atoms. The van der Waals surface area contributed by atoms with Gasteiger partial charge in [0.25, 0.3) is 0 Å². The molecule has 0 unspecified atom stereocenters. The molecule has 4 heteroatoms. The normalized spacial score (nSPS) is 16.9. The Labute approximate surface area is 87.7 Å². The summed E-state index contributed by atoms with van der Waals surface area (Å²) in [5, 5.41) is 0. The lowest BCUT2D eigenvalue weighted by Gasteiger charge is -2.26. The quantitative estimate of drug-likeness (QED) is 0.717. The zero-order valence-corrected chi connectivity index (χ0v) is 8.37. The maximum atomic E-state index is 13.1. The summed E-state index contributed by atoms with van der Waals surface area (Å²) in [5.74, 6) is -0.352. The van der Waals surface area contributed by atoms with Gasteiger partial charge < -0.3 is 10.6 Å². The largest absolute Gasteiger partial charge is 0.399 e. The highest BCUT2D eigenvalue weighted by molar-refractivity contribution is 5.94. The molecule has 3 nitrogen and oxygen atoms in total. The number of anilines is 2. The van der Waals surface area contributed by atoms with Gasteiger partial charge in [-0.25, -0.2) is 4.39 Å². The van der Waals surface area contributed by atoms with Crippen LogP contribution < -0.4 is 10.6 Å². The van der Waals surface area contributed by atoms with Crippen molar-refractivity contribution < 1.29 is 9.18 Å². The second kappa shape index (κ2) is 3.88. The number of nitrogens with two attached hydrogens (primary N) is 1. The topological polar surface area (TPSA) is 46.3 Å². The van der Waals surface area contributed by atoms with E-state index in [1.165, 1.54) is 12.1 Å². The number of amides is 1. The van der Waals surface area contributed by atoms with Crippen molar-refractivity contribution in [1.82, 2.24) is 0 Å². The summed E-state index contributed by atoms with van der Waals surface area (Å²) >= 11 is 0. The molecule has 1 aliphatic heterocycles. The predicted molar refractivity (Wildman–Crippen MR) is 57.0 cm³/mol. The van der Waals surface area contributed by atoms with Gasteiger partial charge in [0.15, 0.2) is 0 Å². The Kier molecular flexibility index (Phi) is 2.58. The molecule has 0 radical (unpaired) electrons. The third-order valence-electron chi connectivity index (χ3n) is 2.54. The van der Waals surface area contributed by atoms with E-state index in [2.05, 4.69) is 0 Å². The summed E-state index contributed by atoms with van der Waals surface area (Å²) in [6, 6.07) is 4.23. The Balaban J connectivity index is 2.31. The molecule has 1 heterocycles. The molecule has 1 fully saturated rings. The summed E-state index contributed by atoms with van der Waals surface area (Å²) in [6.07, 6.45) is 2.42. The molecule has 1 amide bonds. The minimum absolute atomic E-state index is 0.0475. The fourth-order valence-corrected chi connectivity index (χ4v) is 1.83. The molecule has 1 saturated heterocycles. The van der Waals surface area contributed by atoms with Gasteiger partial charge >= 0.3 is 0 Å². The van der Waals surface area contributed by atoms with Crippen molar-refractivity contribution in [3.63, 3.8) is 0 Å². The smallest absolute Gasteiger partial charge is 0.226 e. The van der Waals surface area contributed by atoms with E-state index in [-0.39, 0.29) is 5.91 Å². The van der Waals surface area contributed by atoms with Crippen LogP contribution in [0.1, 0.15) is 19.3 Å². The molecule has 0 bridgehead atoms. The zero-order valence-electron chi connectivity index (χ0n) is 8.37. The van der Waals surface area contributed by atoms with E-state index in [1.54, 1.807) is 11.0 Å². The van der Waals surface area contributed by atoms with Gasteiger partial charge in [-0.05, 0) is 31.0 Å². The van der Waals surface area contributed by atoms with Crippen LogP contribution in [0, 0.1) is 5.82 Å². The van der Waals surface area contributed by atoms with Crippen LogP contribution in [-0.4, -0.2) is 12.5 Å². The van der Waals surface area contributed by atoms with Gasteiger partial charge in [0.2, 0.25) is 5.91 Å². The summed E-state index contributed by atoms with van der Waals surface area (Å²) in [4.78, 5) is 13.2. The van der Waals surface area contributed by atoms with Gasteiger partial charge in [-0.15, -0.1) is 0 Å². The van der Waals surface area contributed by atoms with Gasteiger partial charge in [0.1, 0.15) is 5.82 Å². The summed E-state index contributed by atoms with van der Waals surface area (Å²) in [7, 11) is 0. The fourth-order valence-electron chi connectivity index (χ4n) is 1.83. The lowest BCUT2D eigenvalue weighted by molar-refractivity contribution is -0.119. The highest BCUT2D eigenvalue weighted by Crippen LogP contribution is 2.24. The van der Waals surface area contributed by atoms with Gasteiger partial charge in [0, 0.05) is 24.3 Å². The monoisotopic (exact) mass is 208 g/mol. The average Bonchev–Trinajstić information content (AvgIpc) is 2.16. The van der Waals surface area contributed by atoms with E-state index in [9.17, 15) is 9.18 Å². The number of hydrogen-bond acceptors (Lipinski definition) is 2. The van der Waals surface area contributed by atoms with Crippen molar-refractivity contribution in [2.45, 2.75) is 19.3 Å². The van der Waals surface area contributed by atoms with Crippen molar-refractivity contribution in [2.24, 2.45) is 0 Å². The molecule has 2 N–H and O–H groups in total. The van der Waals surface area contributed by atoms with Crippen molar-refractivity contribution >= 4 is 17.3 Å². The van der Waals surface area contributed by atoms with Crippen LogP contribution in [0.4, 0.5) is 15.8 Å². The zero-order chi connectivity index (χ0) is 10.8. The van der Waals surface area contributed by atoms with E-state index < -0.39 is 5.82 Å². The molecule has 15 heavy (non-hydrogen) atoms. The molecule has 1 aliphatic rings. The number of halogens is 1. The molecule has 0 aliphatic carbocycles. The van der Waals surface area contributed by atoms with Gasteiger partial charge in [0.05, 0.1) is 0 Å². The van der Waals surface area contributed by atoms with Crippen LogP contribution in [-0.2, 0) is 4.79 Å². The molecular weight excluding hydrogens is 195 g/mol. The summed E-state index contributed by atoms with van der Waals surface area (Å²) < 4.78 is 13.1. The van der Waals surface area contributed by atoms with E-state index in [1.807, 2.05) is 0 Å². The summed E-state index contributed by atoms with van der Waals surface area (Å²) in [5.41, 5.74) is 6.45. The van der Waals surface area contributed by atoms with Crippen molar-refractivity contribution in [2.75, 3.05) is 17.2 Å². The minimum atomic E-state index is -0.400. The standard InChI is InChI=1S/C11H13FN2O/c12-8-5-9(13)7-10(6-8)14-4-2-1-3-11(14)15/h5-7H,1-4,13H2. The Morgan fingerprint density at radius 1 is 1.27 bits per heavy atom. The number of benzene rings is 1. The first kappa shape index (κ1) is 9.96. The second-order valence-corrected chi connectivity index (χ2v) is 3.75. The van der Waals surface area contributed by atoms with Crippen LogP contribution in [0.2, 0.25) is 0 Å². The Bertz CT molecular complexity index is 372.